The predicted octanol–water partition coefficient (Wildman–Crippen LogP) is 9.81. The number of rotatable bonds is 15. The highest BCUT2D eigenvalue weighted by Crippen LogP contribution is 2.55. The number of likely N-dealkylation sites (tertiary alicyclic amines) is 1. The number of carbonyl (C=O) groups excluding carboxylic acids is 3. The van der Waals surface area contributed by atoms with Crippen molar-refractivity contribution in [3.05, 3.63) is 112 Å². The molecule has 3 amide bonds. The number of thiazole rings is 1. The Morgan fingerprint density at radius 1 is 0.941 bits per heavy atom. The fourth-order valence-corrected chi connectivity index (χ4v) is 11.8. The molecule has 3 fully saturated rings. The van der Waals surface area contributed by atoms with Gasteiger partial charge in [-0.2, -0.15) is 10.4 Å². The average molecular weight is 960 g/mol. The Morgan fingerprint density at radius 2 is 1.65 bits per heavy atom. The lowest BCUT2D eigenvalue weighted by molar-refractivity contribution is -0.164. The van der Waals surface area contributed by atoms with Gasteiger partial charge in [0.25, 0.3) is 5.91 Å². The maximum atomic E-state index is 14.2. The fraction of sp³-hybridized carbons (Fsp3) is 0.472. The van der Waals surface area contributed by atoms with Crippen LogP contribution in [0.5, 0.6) is 11.5 Å². The van der Waals surface area contributed by atoms with Gasteiger partial charge in [0.2, 0.25) is 11.8 Å². The molecule has 2 N–H and O–H groups in total. The number of anilines is 1. The normalized spacial score (nSPS) is 20.8. The van der Waals surface area contributed by atoms with Crippen LogP contribution in [-0.4, -0.2) is 81.8 Å². The third kappa shape index (κ3) is 9.97. The molecule has 1 unspecified atom stereocenters. The van der Waals surface area contributed by atoms with Gasteiger partial charge in [-0.3, -0.25) is 19.1 Å². The lowest BCUT2D eigenvalue weighted by atomic mass is 9.49. The number of piperidine rings is 1. The van der Waals surface area contributed by atoms with Crippen LogP contribution in [0, 0.1) is 40.9 Å². The number of hydrogen-bond acceptors (Lipinski definition) is 10. The van der Waals surface area contributed by atoms with Crippen LogP contribution in [-0.2, 0) is 9.59 Å². The summed E-state index contributed by atoms with van der Waals surface area (Å²) in [5, 5.41) is 20.7. The van der Waals surface area contributed by atoms with Gasteiger partial charge in [0.1, 0.15) is 30.0 Å². The van der Waals surface area contributed by atoms with E-state index in [-0.39, 0.29) is 52.7 Å². The number of hydrogen-bond donors (Lipinski definition) is 2. The molecule has 3 aromatic carbocycles. The molecule has 1 aliphatic carbocycles. The quantitative estimate of drug-likeness (QED) is 0.104. The number of aryl methyl sites for hydroxylation is 1. The zero-order valence-corrected chi connectivity index (χ0v) is 41.9. The molecule has 358 valence electrons. The van der Waals surface area contributed by atoms with E-state index >= 15 is 0 Å². The Kier molecular flexibility index (Phi) is 14.3. The molecule has 13 nitrogen and oxygen atoms in total. The number of nitriles is 1. The van der Waals surface area contributed by atoms with Crippen LogP contribution in [0.4, 0.5) is 5.69 Å². The molecule has 2 saturated heterocycles. The molecular weight excluding hydrogens is 896 g/mol. The van der Waals surface area contributed by atoms with E-state index in [2.05, 4.69) is 71.5 Å². The van der Waals surface area contributed by atoms with Gasteiger partial charge in [-0.05, 0) is 98.9 Å². The lowest BCUT2D eigenvalue weighted by Gasteiger charge is -2.63. The Balaban J connectivity index is 0.796. The molecular formula is C53H63ClN8O5S. The van der Waals surface area contributed by atoms with E-state index in [1.54, 1.807) is 45.3 Å². The molecule has 15 heteroatoms. The van der Waals surface area contributed by atoms with E-state index in [1.807, 2.05) is 75.8 Å². The SMILES string of the molecule is Cc1ncsc1-c1ccc([C@H](C)NC(=O)[C@@H]2CCCN2C(=O)C(C(C)C)n2cc(OCC3CCN(c4ccc(C(=O)N[C@H]5C(C)(C)[C@H](Oc6ccc(C#N)c(Cl)c6)C5(C)C)cc4)CC3)cn2)cc1. The van der Waals surface area contributed by atoms with Crippen molar-refractivity contribution < 1.29 is 23.9 Å². The molecule has 0 bridgehead atoms. The highest BCUT2D eigenvalue weighted by Gasteiger charge is 2.64. The van der Waals surface area contributed by atoms with Crippen molar-refractivity contribution >= 4 is 46.3 Å². The van der Waals surface area contributed by atoms with E-state index in [0.717, 1.165) is 59.7 Å². The van der Waals surface area contributed by atoms with Crippen LogP contribution in [0.1, 0.15) is 113 Å². The highest BCUT2D eigenvalue weighted by molar-refractivity contribution is 7.13. The van der Waals surface area contributed by atoms with Gasteiger partial charge < -0.3 is 29.9 Å². The third-order valence-electron chi connectivity index (χ3n) is 14.4. The Hall–Kier alpha value is -5.91. The second kappa shape index (κ2) is 20.0. The number of aromatic nitrogens is 3. The summed E-state index contributed by atoms with van der Waals surface area (Å²) in [6, 6.07) is 21.7. The number of ether oxygens (including phenoxy) is 2. The summed E-state index contributed by atoms with van der Waals surface area (Å²) < 4.78 is 14.4. The van der Waals surface area contributed by atoms with Crippen molar-refractivity contribution in [2.75, 3.05) is 31.1 Å². The number of halogens is 1. The molecule has 2 aliphatic heterocycles. The maximum absolute atomic E-state index is 14.2. The number of amides is 3. The summed E-state index contributed by atoms with van der Waals surface area (Å²) in [7, 11) is 0. The molecule has 68 heavy (non-hydrogen) atoms. The van der Waals surface area contributed by atoms with Crippen LogP contribution in [0.3, 0.4) is 0 Å². The molecule has 2 aromatic heterocycles. The van der Waals surface area contributed by atoms with Crippen molar-refractivity contribution in [2.45, 2.75) is 111 Å². The summed E-state index contributed by atoms with van der Waals surface area (Å²) in [5.41, 5.74) is 6.31. The summed E-state index contributed by atoms with van der Waals surface area (Å²) in [5.74, 6) is 1.13. The highest BCUT2D eigenvalue weighted by atomic mass is 35.5. The summed E-state index contributed by atoms with van der Waals surface area (Å²) in [4.78, 5) is 51.1. The molecule has 0 radical (unpaired) electrons. The molecule has 3 atom stereocenters. The first kappa shape index (κ1) is 48.5. The topological polar surface area (TPSA) is 155 Å². The van der Waals surface area contributed by atoms with Gasteiger partial charge in [-0.1, -0.05) is 77.4 Å². The molecule has 4 heterocycles. The number of carbonyl (C=O) groups is 3. The minimum Gasteiger partial charge on any atom is -0.490 e. The molecule has 8 rings (SSSR count). The third-order valence-corrected chi connectivity index (χ3v) is 15.7. The van der Waals surface area contributed by atoms with Gasteiger partial charge in [-0.15, -0.1) is 11.3 Å². The number of nitrogens with one attached hydrogen (secondary N) is 2. The lowest BCUT2D eigenvalue weighted by Crippen LogP contribution is -2.74. The number of benzene rings is 3. The van der Waals surface area contributed by atoms with Crippen LogP contribution >= 0.6 is 22.9 Å². The van der Waals surface area contributed by atoms with Gasteiger partial charge in [0.15, 0.2) is 5.75 Å². The Morgan fingerprint density at radius 3 is 2.28 bits per heavy atom. The monoisotopic (exact) mass is 958 g/mol. The van der Waals surface area contributed by atoms with Crippen molar-refractivity contribution in [1.29, 1.82) is 5.26 Å². The minimum atomic E-state index is -0.577. The molecule has 1 saturated carbocycles. The summed E-state index contributed by atoms with van der Waals surface area (Å²) in [6.45, 7) is 19.2. The van der Waals surface area contributed by atoms with Crippen LogP contribution in [0.15, 0.2) is 84.6 Å². The largest absolute Gasteiger partial charge is 0.490 e. The smallest absolute Gasteiger partial charge is 0.251 e. The van der Waals surface area contributed by atoms with Crippen molar-refractivity contribution in [3.63, 3.8) is 0 Å². The molecule has 3 aliphatic rings. The minimum absolute atomic E-state index is 0.0651. The van der Waals surface area contributed by atoms with Crippen molar-refractivity contribution in [2.24, 2.45) is 22.7 Å². The van der Waals surface area contributed by atoms with Gasteiger partial charge in [-0.25, -0.2) is 4.98 Å². The first-order valence-electron chi connectivity index (χ1n) is 23.8. The number of nitrogens with zero attached hydrogens (tertiary/aromatic N) is 6. The van der Waals surface area contributed by atoms with Crippen LogP contribution < -0.4 is 25.0 Å². The first-order chi connectivity index (χ1) is 32.5. The summed E-state index contributed by atoms with van der Waals surface area (Å²) in [6.07, 6.45) is 6.57. The van der Waals surface area contributed by atoms with E-state index in [1.165, 1.54) is 0 Å². The molecule has 5 aromatic rings. The van der Waals surface area contributed by atoms with Crippen LogP contribution in [0.25, 0.3) is 10.4 Å². The van der Waals surface area contributed by atoms with Crippen molar-refractivity contribution in [3.8, 4) is 28.0 Å². The second-order valence-electron chi connectivity index (χ2n) is 20.2. The zero-order valence-electron chi connectivity index (χ0n) is 40.3. The van der Waals surface area contributed by atoms with E-state index in [0.29, 0.717) is 53.1 Å². The van der Waals surface area contributed by atoms with E-state index < -0.39 is 12.1 Å². The zero-order chi connectivity index (χ0) is 48.5. The van der Waals surface area contributed by atoms with Gasteiger partial charge in [0.05, 0.1) is 51.7 Å². The van der Waals surface area contributed by atoms with Gasteiger partial charge >= 0.3 is 0 Å². The van der Waals surface area contributed by atoms with Crippen LogP contribution in [0.2, 0.25) is 5.02 Å². The van der Waals surface area contributed by atoms with E-state index in [4.69, 9.17) is 21.1 Å². The maximum Gasteiger partial charge on any atom is 0.251 e. The second-order valence-corrected chi connectivity index (χ2v) is 21.5. The Bertz CT molecular complexity index is 2630. The predicted molar refractivity (Wildman–Crippen MR) is 266 cm³/mol. The van der Waals surface area contributed by atoms with Crippen molar-refractivity contribution in [1.82, 2.24) is 30.3 Å². The average Bonchev–Trinajstić information content (AvgIpc) is 4.11. The first-order valence-corrected chi connectivity index (χ1v) is 25.0. The molecule has 0 spiro atoms. The van der Waals surface area contributed by atoms with Gasteiger partial charge in [0, 0.05) is 53.8 Å². The van der Waals surface area contributed by atoms with E-state index in [9.17, 15) is 19.6 Å². The Labute approximate surface area is 409 Å². The standard InChI is InChI=1S/C53H63ClN8O5S/c1-32(2)45(49(65)61-23-9-10-44(61)48(64)58-33(3)36-11-13-37(14-12-36)46-34(4)56-31-68-46)62-29-42(28-57-62)66-30-35-21-24-60(25-22-35)40-18-15-38(16-19-40)47(63)59-50-52(5,6)51(53(50,7)8)67-41-20-17-39(27-55)43(54)26-41/h11-20,26,28-29,31-33,35,44-45,50-51H,9-10,21-25,30H2,1-8H3,(H,58,64)(H,59,63)/t33-,44-,45?,50-,51-/m0/s1. The summed E-state index contributed by atoms with van der Waals surface area (Å²) >= 11 is 7.88. The fourth-order valence-electron chi connectivity index (χ4n) is 10.8.